The Balaban J connectivity index is 2.07. The van der Waals surface area contributed by atoms with Gasteiger partial charge >= 0.3 is 0 Å². The molecule has 0 bridgehead atoms. The molecule has 1 aliphatic carbocycles. The second-order valence-corrected chi connectivity index (χ2v) is 5.96. The molecule has 0 saturated heterocycles. The lowest BCUT2D eigenvalue weighted by molar-refractivity contribution is -0.115. The molecule has 0 radical (unpaired) electrons. The van der Waals surface area contributed by atoms with Crippen molar-refractivity contribution in [1.29, 1.82) is 0 Å². The van der Waals surface area contributed by atoms with Crippen molar-refractivity contribution < 1.29 is 10.2 Å². The van der Waals surface area contributed by atoms with Crippen molar-refractivity contribution >= 4 is 0 Å². The monoisotopic (exact) mass is 234 g/mol. The molecule has 0 heterocycles. The van der Waals surface area contributed by atoms with E-state index in [-0.39, 0.29) is 5.92 Å². The molecule has 94 valence electrons. The first-order valence-corrected chi connectivity index (χ1v) is 6.38. The van der Waals surface area contributed by atoms with E-state index in [0.29, 0.717) is 6.42 Å². The third-order valence-electron chi connectivity index (χ3n) is 3.97. The van der Waals surface area contributed by atoms with E-state index in [1.54, 1.807) is 0 Å². The van der Waals surface area contributed by atoms with E-state index < -0.39 is 11.2 Å². The molecule has 0 amide bonds. The molecule has 17 heavy (non-hydrogen) atoms. The molecular weight excluding hydrogens is 212 g/mol. The molecule has 1 fully saturated rings. The second kappa shape index (κ2) is 4.43. The summed E-state index contributed by atoms with van der Waals surface area (Å²) in [5.74, 6) is 0.241. The van der Waals surface area contributed by atoms with E-state index in [4.69, 9.17) is 0 Å². The van der Waals surface area contributed by atoms with Crippen molar-refractivity contribution in [3.63, 3.8) is 0 Å². The van der Waals surface area contributed by atoms with Crippen LogP contribution >= 0.6 is 0 Å². The fourth-order valence-corrected chi connectivity index (χ4v) is 3.02. The third kappa shape index (κ3) is 3.08. The maximum atomic E-state index is 10.5. The molecule has 2 rings (SSSR count). The predicted molar refractivity (Wildman–Crippen MR) is 68.7 cm³/mol. The summed E-state index contributed by atoms with van der Waals surface area (Å²) in [7, 11) is 0. The molecule has 0 aromatic heterocycles. The minimum atomic E-state index is -0.766. The summed E-state index contributed by atoms with van der Waals surface area (Å²) in [6.07, 6.45) is 3.02. The lowest BCUT2D eigenvalue weighted by atomic mass is 9.68. The standard InChI is InChI=1S/C15H22O2/c1-14(16)9-8-13(15(2,17)11-14)10-12-6-4-3-5-7-12/h3-7,13,16-17H,8-11H2,1-2H3/t13-,14+,15+/m0/s1. The Hall–Kier alpha value is -0.860. The Morgan fingerprint density at radius 3 is 2.41 bits per heavy atom. The lowest BCUT2D eigenvalue weighted by Gasteiger charge is -2.44. The molecule has 2 heteroatoms. The summed E-state index contributed by atoms with van der Waals surface area (Å²) < 4.78 is 0. The summed E-state index contributed by atoms with van der Waals surface area (Å²) in [5.41, 5.74) is -0.215. The van der Waals surface area contributed by atoms with E-state index in [9.17, 15) is 10.2 Å². The highest BCUT2D eigenvalue weighted by atomic mass is 16.3. The minimum Gasteiger partial charge on any atom is -0.390 e. The Labute approximate surface area is 103 Å². The maximum absolute atomic E-state index is 10.5. The summed E-state index contributed by atoms with van der Waals surface area (Å²) in [4.78, 5) is 0. The van der Waals surface area contributed by atoms with Gasteiger partial charge in [-0.3, -0.25) is 0 Å². The van der Waals surface area contributed by atoms with E-state index >= 15 is 0 Å². The SMILES string of the molecule is C[C@@]1(O)CC[C@@H](Cc2ccccc2)[C@](C)(O)C1. The van der Waals surface area contributed by atoms with Gasteiger partial charge in [0.25, 0.3) is 0 Å². The molecule has 2 nitrogen and oxygen atoms in total. The number of aliphatic hydroxyl groups is 2. The van der Waals surface area contributed by atoms with Crippen molar-refractivity contribution in [2.75, 3.05) is 0 Å². The highest BCUT2D eigenvalue weighted by Gasteiger charge is 2.43. The highest BCUT2D eigenvalue weighted by Crippen LogP contribution is 2.40. The van der Waals surface area contributed by atoms with Crippen LogP contribution in [0.25, 0.3) is 0 Å². The van der Waals surface area contributed by atoms with Crippen molar-refractivity contribution in [2.45, 2.75) is 50.7 Å². The van der Waals surface area contributed by atoms with E-state index in [2.05, 4.69) is 12.1 Å². The smallest absolute Gasteiger partial charge is 0.0678 e. The van der Waals surface area contributed by atoms with Gasteiger partial charge in [0.2, 0.25) is 0 Å². The van der Waals surface area contributed by atoms with Crippen molar-refractivity contribution in [1.82, 2.24) is 0 Å². The van der Waals surface area contributed by atoms with Crippen molar-refractivity contribution in [3.05, 3.63) is 35.9 Å². The number of hydrogen-bond donors (Lipinski definition) is 2. The number of rotatable bonds is 2. The van der Waals surface area contributed by atoms with E-state index in [1.165, 1.54) is 5.56 Å². The molecule has 0 unspecified atom stereocenters. The third-order valence-corrected chi connectivity index (χ3v) is 3.97. The van der Waals surface area contributed by atoms with Crippen molar-refractivity contribution in [3.8, 4) is 0 Å². The van der Waals surface area contributed by atoms with Gasteiger partial charge < -0.3 is 10.2 Å². The van der Waals surface area contributed by atoms with Gasteiger partial charge in [-0.2, -0.15) is 0 Å². The second-order valence-electron chi connectivity index (χ2n) is 5.96. The van der Waals surface area contributed by atoms with Crippen LogP contribution in [0.3, 0.4) is 0 Å². The fraction of sp³-hybridized carbons (Fsp3) is 0.600. The quantitative estimate of drug-likeness (QED) is 0.825. The normalized spacial score (nSPS) is 38.0. The summed E-state index contributed by atoms with van der Waals surface area (Å²) >= 11 is 0. The fourth-order valence-electron chi connectivity index (χ4n) is 3.02. The first-order chi connectivity index (χ1) is 7.89. The topological polar surface area (TPSA) is 40.5 Å². The lowest BCUT2D eigenvalue weighted by Crippen LogP contribution is -2.48. The predicted octanol–water partition coefficient (Wildman–Crippen LogP) is 2.53. The molecule has 1 saturated carbocycles. The van der Waals surface area contributed by atoms with Crippen LogP contribution in [0.1, 0.15) is 38.7 Å². The molecule has 3 atom stereocenters. The average molecular weight is 234 g/mol. The number of benzene rings is 1. The van der Waals surface area contributed by atoms with Crippen LogP contribution in [-0.2, 0) is 6.42 Å². The van der Waals surface area contributed by atoms with Gasteiger partial charge in [0.05, 0.1) is 11.2 Å². The van der Waals surface area contributed by atoms with Gasteiger partial charge in [0.1, 0.15) is 0 Å². The van der Waals surface area contributed by atoms with Crippen LogP contribution in [-0.4, -0.2) is 21.4 Å². The first-order valence-electron chi connectivity index (χ1n) is 6.38. The number of hydrogen-bond acceptors (Lipinski definition) is 2. The zero-order chi connectivity index (χ0) is 12.5. The summed E-state index contributed by atoms with van der Waals surface area (Å²) in [6, 6.07) is 10.3. The van der Waals surface area contributed by atoms with Gasteiger partial charge in [0, 0.05) is 6.42 Å². The van der Waals surface area contributed by atoms with Crippen LogP contribution < -0.4 is 0 Å². The van der Waals surface area contributed by atoms with Gasteiger partial charge in [-0.25, -0.2) is 0 Å². The Bertz CT molecular complexity index is 368. The summed E-state index contributed by atoms with van der Waals surface area (Å²) in [6.45, 7) is 3.68. The van der Waals surface area contributed by atoms with Crippen LogP contribution in [0.5, 0.6) is 0 Å². The van der Waals surface area contributed by atoms with E-state index in [1.807, 2.05) is 32.0 Å². The van der Waals surface area contributed by atoms with Crippen molar-refractivity contribution in [2.24, 2.45) is 5.92 Å². The van der Waals surface area contributed by atoms with Gasteiger partial charge in [-0.05, 0) is 44.6 Å². The van der Waals surface area contributed by atoms with Crippen LogP contribution in [0, 0.1) is 5.92 Å². The highest BCUT2D eigenvalue weighted by molar-refractivity contribution is 5.16. The zero-order valence-corrected chi connectivity index (χ0v) is 10.7. The van der Waals surface area contributed by atoms with Gasteiger partial charge in [-0.1, -0.05) is 30.3 Å². The van der Waals surface area contributed by atoms with Crippen LogP contribution in [0.15, 0.2) is 30.3 Å². The molecule has 0 spiro atoms. The van der Waals surface area contributed by atoms with Crippen LogP contribution in [0.4, 0.5) is 0 Å². The summed E-state index contributed by atoms with van der Waals surface area (Å²) in [5, 5.41) is 20.5. The Kier molecular flexibility index (Phi) is 3.28. The van der Waals surface area contributed by atoms with E-state index in [0.717, 1.165) is 19.3 Å². The van der Waals surface area contributed by atoms with Gasteiger partial charge in [-0.15, -0.1) is 0 Å². The Morgan fingerprint density at radius 2 is 1.82 bits per heavy atom. The minimum absolute atomic E-state index is 0.241. The van der Waals surface area contributed by atoms with Gasteiger partial charge in [0.15, 0.2) is 0 Å². The molecule has 1 aliphatic rings. The molecule has 2 N–H and O–H groups in total. The molecule has 1 aromatic rings. The molecular formula is C15H22O2. The Morgan fingerprint density at radius 1 is 1.18 bits per heavy atom. The first kappa shape index (κ1) is 12.6. The van der Waals surface area contributed by atoms with Crippen LogP contribution in [0.2, 0.25) is 0 Å². The average Bonchev–Trinajstić information content (AvgIpc) is 2.22. The maximum Gasteiger partial charge on any atom is 0.0678 e. The zero-order valence-electron chi connectivity index (χ0n) is 10.7. The largest absolute Gasteiger partial charge is 0.390 e. The molecule has 0 aliphatic heterocycles. The molecule has 1 aromatic carbocycles.